The topological polar surface area (TPSA) is 64.3 Å². The van der Waals surface area contributed by atoms with Gasteiger partial charge in [0.15, 0.2) is 0 Å². The van der Waals surface area contributed by atoms with Crippen LogP contribution in [-0.4, -0.2) is 23.7 Å². The van der Waals surface area contributed by atoms with Crippen LogP contribution in [0.1, 0.15) is 19.4 Å². The summed E-state index contributed by atoms with van der Waals surface area (Å²) in [5.41, 5.74) is -0.0179. The molecule has 0 heterocycles. The molecule has 17 heavy (non-hydrogen) atoms. The first-order valence-electron chi connectivity index (χ1n) is 4.97. The average Bonchev–Trinajstić information content (AvgIpc) is 2.27. The Kier molecular flexibility index (Phi) is 3.64. The van der Waals surface area contributed by atoms with Crippen molar-refractivity contribution in [3.05, 3.63) is 28.8 Å². The highest BCUT2D eigenvalue weighted by molar-refractivity contribution is 6.32. The summed E-state index contributed by atoms with van der Waals surface area (Å²) in [5, 5.41) is 18.2. The molecule has 0 radical (unpaired) electrons. The predicted molar refractivity (Wildman–Crippen MR) is 66.3 cm³/mol. The van der Waals surface area contributed by atoms with Crippen LogP contribution < -0.4 is 4.90 Å². The van der Waals surface area contributed by atoms with Crippen molar-refractivity contribution in [1.29, 1.82) is 5.26 Å². The van der Waals surface area contributed by atoms with E-state index in [1.807, 2.05) is 6.07 Å². The Hall–Kier alpha value is -1.73. The number of carbonyl (C=O) groups is 1. The molecule has 0 atom stereocenters. The predicted octanol–water partition coefficient (Wildman–Crippen LogP) is 2.51. The molecule has 0 aromatic heterocycles. The van der Waals surface area contributed by atoms with Gasteiger partial charge in [0, 0.05) is 12.7 Å². The summed E-state index contributed by atoms with van der Waals surface area (Å²) in [5.74, 6) is -0.930. The number of likely N-dealkylation sites (N-methyl/N-ethyl adjacent to an activating group) is 1. The lowest BCUT2D eigenvalue weighted by Crippen LogP contribution is -2.48. The Balaban J connectivity index is 3.15. The van der Waals surface area contributed by atoms with Gasteiger partial charge in [-0.05, 0) is 32.0 Å². The van der Waals surface area contributed by atoms with Crippen molar-refractivity contribution in [1.82, 2.24) is 0 Å². The first kappa shape index (κ1) is 13.3. The lowest BCUT2D eigenvalue weighted by atomic mass is 10.0. The summed E-state index contributed by atoms with van der Waals surface area (Å²) in [6.45, 7) is 3.20. The zero-order chi connectivity index (χ0) is 13.2. The number of nitriles is 1. The number of anilines is 1. The standard InChI is InChI=1S/C12H13ClN2O2/c1-12(2,11(16)17)15(3)9-5-4-8(7-14)10(13)6-9/h4-6H,1-3H3,(H,16,17). The minimum atomic E-state index is -1.04. The summed E-state index contributed by atoms with van der Waals surface area (Å²) in [6, 6.07) is 6.80. The molecule has 0 spiro atoms. The molecular weight excluding hydrogens is 240 g/mol. The van der Waals surface area contributed by atoms with Crippen LogP contribution in [0.2, 0.25) is 5.02 Å². The van der Waals surface area contributed by atoms with Gasteiger partial charge in [-0.1, -0.05) is 11.6 Å². The van der Waals surface area contributed by atoms with E-state index in [0.29, 0.717) is 16.3 Å². The largest absolute Gasteiger partial charge is 0.480 e. The fourth-order valence-electron chi connectivity index (χ4n) is 1.27. The van der Waals surface area contributed by atoms with E-state index in [1.54, 1.807) is 44.0 Å². The molecule has 0 aliphatic heterocycles. The van der Waals surface area contributed by atoms with E-state index in [1.165, 1.54) is 0 Å². The zero-order valence-corrected chi connectivity index (χ0v) is 10.6. The second kappa shape index (κ2) is 4.64. The van der Waals surface area contributed by atoms with E-state index >= 15 is 0 Å². The van der Waals surface area contributed by atoms with Crippen molar-refractivity contribution >= 4 is 23.3 Å². The molecule has 0 fully saturated rings. The Morgan fingerprint density at radius 3 is 2.53 bits per heavy atom. The lowest BCUT2D eigenvalue weighted by Gasteiger charge is -2.33. The van der Waals surface area contributed by atoms with Crippen LogP contribution in [0.15, 0.2) is 18.2 Å². The number of rotatable bonds is 3. The summed E-state index contributed by atoms with van der Waals surface area (Å²) in [4.78, 5) is 12.7. The molecule has 0 aliphatic rings. The molecule has 0 saturated carbocycles. The van der Waals surface area contributed by atoms with Crippen LogP contribution in [0.3, 0.4) is 0 Å². The van der Waals surface area contributed by atoms with Gasteiger partial charge in [0.1, 0.15) is 11.6 Å². The van der Waals surface area contributed by atoms with Gasteiger partial charge in [-0.25, -0.2) is 4.79 Å². The van der Waals surface area contributed by atoms with Crippen LogP contribution in [-0.2, 0) is 4.79 Å². The molecular formula is C12H13ClN2O2. The van der Waals surface area contributed by atoms with Gasteiger partial charge < -0.3 is 10.0 Å². The van der Waals surface area contributed by atoms with Gasteiger partial charge in [0.25, 0.3) is 0 Å². The minimum absolute atomic E-state index is 0.318. The van der Waals surface area contributed by atoms with Crippen molar-refractivity contribution in [3.8, 4) is 6.07 Å². The van der Waals surface area contributed by atoms with Gasteiger partial charge in [0.05, 0.1) is 10.6 Å². The van der Waals surface area contributed by atoms with Gasteiger partial charge in [-0.15, -0.1) is 0 Å². The smallest absolute Gasteiger partial charge is 0.328 e. The highest BCUT2D eigenvalue weighted by atomic mass is 35.5. The van der Waals surface area contributed by atoms with E-state index in [0.717, 1.165) is 0 Å². The maximum absolute atomic E-state index is 11.1. The summed E-state index contributed by atoms with van der Waals surface area (Å²) >= 11 is 5.91. The van der Waals surface area contributed by atoms with Gasteiger partial charge in [-0.3, -0.25) is 0 Å². The maximum Gasteiger partial charge on any atom is 0.328 e. The highest BCUT2D eigenvalue weighted by Gasteiger charge is 2.32. The number of aliphatic carboxylic acids is 1. The third-order valence-electron chi connectivity index (χ3n) is 2.82. The molecule has 0 bridgehead atoms. The minimum Gasteiger partial charge on any atom is -0.480 e. The normalized spacial score (nSPS) is 10.8. The first-order valence-corrected chi connectivity index (χ1v) is 5.35. The van der Waals surface area contributed by atoms with Gasteiger partial charge in [0.2, 0.25) is 0 Å². The van der Waals surface area contributed by atoms with Gasteiger partial charge >= 0.3 is 5.97 Å². The van der Waals surface area contributed by atoms with Crippen LogP contribution in [0.5, 0.6) is 0 Å². The Labute approximate surface area is 105 Å². The van der Waals surface area contributed by atoms with Crippen molar-refractivity contribution < 1.29 is 9.90 Å². The fourth-order valence-corrected chi connectivity index (χ4v) is 1.49. The maximum atomic E-state index is 11.1. The second-order valence-corrected chi connectivity index (χ2v) is 4.61. The Morgan fingerprint density at radius 1 is 1.53 bits per heavy atom. The molecule has 1 rings (SSSR count). The quantitative estimate of drug-likeness (QED) is 0.898. The Morgan fingerprint density at radius 2 is 2.12 bits per heavy atom. The lowest BCUT2D eigenvalue weighted by molar-refractivity contribution is -0.142. The van der Waals surface area contributed by atoms with E-state index in [-0.39, 0.29) is 0 Å². The first-order chi connectivity index (χ1) is 7.80. The molecule has 0 saturated heterocycles. The third kappa shape index (κ3) is 2.51. The average molecular weight is 253 g/mol. The number of hydrogen-bond donors (Lipinski definition) is 1. The number of nitrogens with zero attached hydrogens (tertiary/aromatic N) is 2. The van der Waals surface area contributed by atoms with Crippen molar-refractivity contribution in [2.45, 2.75) is 19.4 Å². The Bertz CT molecular complexity index is 492. The molecule has 4 nitrogen and oxygen atoms in total. The molecule has 90 valence electrons. The summed E-state index contributed by atoms with van der Waals surface area (Å²) in [7, 11) is 1.67. The van der Waals surface area contributed by atoms with Crippen LogP contribution in [0.25, 0.3) is 0 Å². The fraction of sp³-hybridized carbons (Fsp3) is 0.333. The van der Waals surface area contributed by atoms with E-state index in [4.69, 9.17) is 22.0 Å². The highest BCUT2D eigenvalue weighted by Crippen LogP contribution is 2.27. The van der Waals surface area contributed by atoms with E-state index in [2.05, 4.69) is 0 Å². The molecule has 1 aromatic carbocycles. The van der Waals surface area contributed by atoms with Crippen LogP contribution in [0.4, 0.5) is 5.69 Å². The molecule has 1 N–H and O–H groups in total. The van der Waals surface area contributed by atoms with E-state index < -0.39 is 11.5 Å². The van der Waals surface area contributed by atoms with Crippen molar-refractivity contribution in [3.63, 3.8) is 0 Å². The van der Waals surface area contributed by atoms with Crippen LogP contribution >= 0.6 is 11.6 Å². The van der Waals surface area contributed by atoms with Crippen LogP contribution in [0, 0.1) is 11.3 Å². The number of carboxylic acids is 1. The summed E-state index contributed by atoms with van der Waals surface area (Å²) < 4.78 is 0. The molecule has 0 aliphatic carbocycles. The number of halogens is 1. The number of benzene rings is 1. The third-order valence-corrected chi connectivity index (χ3v) is 3.14. The second-order valence-electron chi connectivity index (χ2n) is 4.20. The monoisotopic (exact) mass is 252 g/mol. The van der Waals surface area contributed by atoms with E-state index in [9.17, 15) is 4.79 Å². The van der Waals surface area contributed by atoms with Gasteiger partial charge in [-0.2, -0.15) is 5.26 Å². The molecule has 1 aromatic rings. The molecule has 0 unspecified atom stereocenters. The number of hydrogen-bond acceptors (Lipinski definition) is 3. The SMILES string of the molecule is CN(c1ccc(C#N)c(Cl)c1)C(C)(C)C(=O)O. The molecule has 0 amide bonds. The summed E-state index contributed by atoms with van der Waals surface area (Å²) in [6.07, 6.45) is 0. The van der Waals surface area contributed by atoms with Crippen molar-refractivity contribution in [2.24, 2.45) is 0 Å². The zero-order valence-electron chi connectivity index (χ0n) is 9.86. The number of carboxylic acid groups (broad SMARTS) is 1. The molecule has 5 heteroatoms. The van der Waals surface area contributed by atoms with Crippen molar-refractivity contribution in [2.75, 3.05) is 11.9 Å².